The minimum absolute atomic E-state index is 0.459. The maximum Gasteiger partial charge on any atom is 0.417 e. The molecule has 0 unspecified atom stereocenters. The van der Waals surface area contributed by atoms with E-state index in [1.807, 2.05) is 0 Å². The molecule has 0 aliphatic heterocycles. The molecule has 0 amide bonds. The van der Waals surface area contributed by atoms with Crippen LogP contribution in [0.3, 0.4) is 0 Å². The molecule has 0 radical (unpaired) electrons. The van der Waals surface area contributed by atoms with Gasteiger partial charge in [0.05, 0.1) is 22.1 Å². The van der Waals surface area contributed by atoms with E-state index in [0.717, 1.165) is 18.4 Å². The van der Waals surface area contributed by atoms with Crippen molar-refractivity contribution in [1.29, 1.82) is 5.26 Å². The summed E-state index contributed by atoms with van der Waals surface area (Å²) >= 11 is 0. The van der Waals surface area contributed by atoms with Gasteiger partial charge in [-0.2, -0.15) is 18.4 Å². The number of halogens is 3. The quantitative estimate of drug-likeness (QED) is 0.764. The van der Waals surface area contributed by atoms with Crippen molar-refractivity contribution in [2.75, 3.05) is 6.26 Å². The summed E-state index contributed by atoms with van der Waals surface area (Å²) in [7, 11) is -3.72. The van der Waals surface area contributed by atoms with Gasteiger partial charge in [0.1, 0.15) is 0 Å². The molecule has 0 spiro atoms. The second-order valence-corrected chi connectivity index (χ2v) is 5.10. The van der Waals surface area contributed by atoms with Crippen LogP contribution in [0.1, 0.15) is 11.1 Å². The van der Waals surface area contributed by atoms with Gasteiger partial charge in [-0.1, -0.05) is 0 Å². The number of rotatable bonds is 1. The summed E-state index contributed by atoms with van der Waals surface area (Å²) in [6, 6.07) is 3.65. The normalized spacial score (nSPS) is 12.2. The van der Waals surface area contributed by atoms with Crippen molar-refractivity contribution in [2.24, 2.45) is 0 Å². The first kappa shape index (κ1) is 12.5. The Morgan fingerprint density at radius 1 is 1.31 bits per heavy atom. The van der Waals surface area contributed by atoms with Crippen LogP contribution < -0.4 is 0 Å². The third-order valence-corrected chi connectivity index (χ3v) is 2.96. The lowest BCUT2D eigenvalue weighted by atomic mass is 10.1. The summed E-state index contributed by atoms with van der Waals surface area (Å²) in [5, 5.41) is 8.48. The summed E-state index contributed by atoms with van der Waals surface area (Å²) in [5.41, 5.74) is -1.84. The largest absolute Gasteiger partial charge is 0.417 e. The predicted molar refractivity (Wildman–Crippen MR) is 49.3 cm³/mol. The van der Waals surface area contributed by atoms with Crippen molar-refractivity contribution < 1.29 is 21.6 Å². The van der Waals surface area contributed by atoms with E-state index in [0.29, 0.717) is 6.07 Å². The Balaban J connectivity index is 3.53. The maximum atomic E-state index is 12.5. The van der Waals surface area contributed by atoms with Crippen molar-refractivity contribution in [2.45, 2.75) is 11.1 Å². The Bertz CT molecular complexity index is 555. The monoisotopic (exact) mass is 249 g/mol. The maximum absolute atomic E-state index is 12.5. The molecule has 86 valence electrons. The van der Waals surface area contributed by atoms with Gasteiger partial charge < -0.3 is 0 Å². The van der Waals surface area contributed by atoms with Gasteiger partial charge in [0.25, 0.3) is 0 Å². The van der Waals surface area contributed by atoms with Crippen LogP contribution in [0.5, 0.6) is 0 Å². The van der Waals surface area contributed by atoms with E-state index >= 15 is 0 Å². The zero-order valence-electron chi connectivity index (χ0n) is 8.04. The average Bonchev–Trinajstić information content (AvgIpc) is 2.14. The minimum Gasteiger partial charge on any atom is -0.224 e. The third kappa shape index (κ3) is 2.52. The molecular formula is C9H6F3NO2S. The van der Waals surface area contributed by atoms with E-state index in [-0.39, 0.29) is 0 Å². The van der Waals surface area contributed by atoms with Gasteiger partial charge in [-0.15, -0.1) is 0 Å². The minimum atomic E-state index is -4.74. The highest BCUT2D eigenvalue weighted by Crippen LogP contribution is 2.33. The van der Waals surface area contributed by atoms with Crippen molar-refractivity contribution in [3.05, 3.63) is 29.3 Å². The number of benzene rings is 1. The molecule has 1 rings (SSSR count). The van der Waals surface area contributed by atoms with Crippen LogP contribution in [-0.4, -0.2) is 14.7 Å². The summed E-state index contributed by atoms with van der Waals surface area (Å²) in [5.74, 6) is 0. The molecule has 0 saturated heterocycles. The van der Waals surface area contributed by atoms with Crippen molar-refractivity contribution in [3.8, 4) is 6.07 Å². The Morgan fingerprint density at radius 2 is 1.88 bits per heavy atom. The Hall–Kier alpha value is -1.55. The lowest BCUT2D eigenvalue weighted by molar-refractivity contribution is -0.137. The molecule has 0 saturated carbocycles. The van der Waals surface area contributed by atoms with Crippen LogP contribution in [0.2, 0.25) is 0 Å². The molecule has 0 aliphatic carbocycles. The average molecular weight is 249 g/mol. The first-order valence-corrected chi connectivity index (χ1v) is 5.87. The summed E-state index contributed by atoms with van der Waals surface area (Å²) in [6.45, 7) is 0. The predicted octanol–water partition coefficient (Wildman–Crippen LogP) is 1.98. The van der Waals surface area contributed by atoms with Gasteiger partial charge in [0.2, 0.25) is 0 Å². The lowest BCUT2D eigenvalue weighted by Crippen LogP contribution is -2.09. The van der Waals surface area contributed by atoms with Gasteiger partial charge in [-0.05, 0) is 18.2 Å². The van der Waals surface area contributed by atoms with Gasteiger partial charge in [0, 0.05) is 6.26 Å². The first-order valence-electron chi connectivity index (χ1n) is 3.97. The van der Waals surface area contributed by atoms with Crippen LogP contribution >= 0.6 is 0 Å². The molecule has 0 bridgehead atoms. The standard InChI is InChI=1S/C9H6F3NO2S/c1-16(14,15)7-3-2-6(5-13)8(4-7)9(10,11)12/h2-4H,1H3. The molecule has 0 aromatic heterocycles. The second kappa shape index (κ2) is 3.79. The molecule has 0 N–H and O–H groups in total. The molecule has 0 atom stereocenters. The number of hydrogen-bond donors (Lipinski definition) is 0. The number of alkyl halides is 3. The molecule has 3 nitrogen and oxygen atoms in total. The molecule has 16 heavy (non-hydrogen) atoms. The van der Waals surface area contributed by atoms with E-state index in [4.69, 9.17) is 5.26 Å². The van der Waals surface area contributed by atoms with E-state index < -0.39 is 32.0 Å². The number of nitriles is 1. The fourth-order valence-electron chi connectivity index (χ4n) is 1.09. The molecule has 0 fully saturated rings. The van der Waals surface area contributed by atoms with Crippen LogP contribution in [0.15, 0.2) is 23.1 Å². The SMILES string of the molecule is CS(=O)(=O)c1ccc(C#N)c(C(F)(F)F)c1. The molecule has 0 aliphatic rings. The van der Waals surface area contributed by atoms with Gasteiger partial charge in [-0.25, -0.2) is 8.42 Å². The van der Waals surface area contributed by atoms with Crippen LogP contribution in [0, 0.1) is 11.3 Å². The molecular weight excluding hydrogens is 243 g/mol. The van der Waals surface area contributed by atoms with Crippen LogP contribution in [0.25, 0.3) is 0 Å². The molecule has 7 heteroatoms. The first-order chi connectivity index (χ1) is 7.16. The smallest absolute Gasteiger partial charge is 0.224 e. The van der Waals surface area contributed by atoms with Crippen molar-refractivity contribution in [1.82, 2.24) is 0 Å². The van der Waals surface area contributed by atoms with Gasteiger partial charge in [-0.3, -0.25) is 0 Å². The Morgan fingerprint density at radius 3 is 2.25 bits per heavy atom. The topological polar surface area (TPSA) is 57.9 Å². The molecule has 1 aromatic carbocycles. The highest BCUT2D eigenvalue weighted by molar-refractivity contribution is 7.90. The Kier molecular flexibility index (Phi) is 2.97. The lowest BCUT2D eigenvalue weighted by Gasteiger charge is -2.09. The number of hydrogen-bond acceptors (Lipinski definition) is 3. The van der Waals surface area contributed by atoms with E-state index in [9.17, 15) is 21.6 Å². The number of sulfone groups is 1. The fraction of sp³-hybridized carbons (Fsp3) is 0.222. The fourth-order valence-corrected chi connectivity index (χ4v) is 1.73. The van der Waals surface area contributed by atoms with Crippen LogP contribution in [-0.2, 0) is 16.0 Å². The van der Waals surface area contributed by atoms with Gasteiger partial charge >= 0.3 is 6.18 Å². The van der Waals surface area contributed by atoms with Crippen molar-refractivity contribution in [3.63, 3.8) is 0 Å². The third-order valence-electron chi connectivity index (χ3n) is 1.85. The number of nitrogens with zero attached hydrogens (tertiary/aromatic N) is 1. The molecule has 1 aromatic rings. The zero-order chi connectivity index (χ0) is 12.6. The highest BCUT2D eigenvalue weighted by atomic mass is 32.2. The van der Waals surface area contributed by atoms with Crippen LogP contribution in [0.4, 0.5) is 13.2 Å². The Labute approximate surface area is 90.0 Å². The highest BCUT2D eigenvalue weighted by Gasteiger charge is 2.34. The zero-order valence-corrected chi connectivity index (χ0v) is 8.85. The van der Waals surface area contributed by atoms with E-state index in [1.165, 1.54) is 6.07 Å². The second-order valence-electron chi connectivity index (χ2n) is 3.09. The van der Waals surface area contributed by atoms with E-state index in [2.05, 4.69) is 0 Å². The summed E-state index contributed by atoms with van der Waals surface area (Å²) in [6.07, 6.45) is -3.94. The summed E-state index contributed by atoms with van der Waals surface area (Å²) < 4.78 is 59.5. The van der Waals surface area contributed by atoms with Crippen molar-refractivity contribution >= 4 is 9.84 Å². The van der Waals surface area contributed by atoms with Gasteiger partial charge in [0.15, 0.2) is 9.84 Å². The molecule has 0 heterocycles. The van der Waals surface area contributed by atoms with E-state index in [1.54, 1.807) is 0 Å². The summed E-state index contributed by atoms with van der Waals surface area (Å²) in [4.78, 5) is -0.459.